The molecule has 8 heteroatoms. The Hall–Kier alpha value is -3.13. The van der Waals surface area contributed by atoms with Crippen molar-refractivity contribution < 1.29 is 17.9 Å². The number of carbonyl (C=O) groups is 1. The SMILES string of the molecule is COc1cccc(N(CC(=O)Nc2cccc3cccnc23)S(C)(=O)=O)c1. The molecule has 2 aromatic carbocycles. The molecule has 3 rings (SSSR count). The van der Waals surface area contributed by atoms with Crippen molar-refractivity contribution in [3.05, 3.63) is 60.8 Å². The molecule has 0 saturated carbocycles. The van der Waals surface area contributed by atoms with Crippen LogP contribution in [0.15, 0.2) is 60.8 Å². The van der Waals surface area contributed by atoms with Crippen LogP contribution in [0.5, 0.6) is 5.75 Å². The molecule has 0 unspecified atom stereocenters. The monoisotopic (exact) mass is 385 g/mol. The summed E-state index contributed by atoms with van der Waals surface area (Å²) in [6.07, 6.45) is 2.69. The number of amides is 1. The van der Waals surface area contributed by atoms with E-state index >= 15 is 0 Å². The van der Waals surface area contributed by atoms with Gasteiger partial charge in [0.25, 0.3) is 0 Å². The Morgan fingerprint density at radius 2 is 1.89 bits per heavy atom. The Morgan fingerprint density at radius 3 is 2.63 bits per heavy atom. The van der Waals surface area contributed by atoms with Crippen molar-refractivity contribution in [2.45, 2.75) is 0 Å². The third kappa shape index (κ3) is 4.35. The molecule has 0 aliphatic rings. The summed E-state index contributed by atoms with van der Waals surface area (Å²) in [5.74, 6) is 0.0289. The van der Waals surface area contributed by atoms with Crippen LogP contribution in [0.25, 0.3) is 10.9 Å². The summed E-state index contributed by atoms with van der Waals surface area (Å²) >= 11 is 0. The number of para-hydroxylation sites is 1. The Balaban J connectivity index is 1.86. The van der Waals surface area contributed by atoms with Crippen molar-refractivity contribution in [1.29, 1.82) is 0 Å². The van der Waals surface area contributed by atoms with Gasteiger partial charge in [0, 0.05) is 17.6 Å². The second-order valence-corrected chi connectivity index (χ2v) is 7.81. The number of methoxy groups -OCH3 is 1. The molecule has 3 aromatic rings. The zero-order valence-corrected chi connectivity index (χ0v) is 15.7. The maximum Gasteiger partial charge on any atom is 0.245 e. The Bertz CT molecular complexity index is 1080. The minimum atomic E-state index is -3.67. The first-order valence-electron chi connectivity index (χ1n) is 8.14. The topological polar surface area (TPSA) is 88.6 Å². The summed E-state index contributed by atoms with van der Waals surface area (Å²) in [6.45, 7) is -0.366. The van der Waals surface area contributed by atoms with Gasteiger partial charge in [0.15, 0.2) is 0 Å². The number of ether oxygens (including phenoxy) is 1. The predicted molar refractivity (Wildman–Crippen MR) is 106 cm³/mol. The van der Waals surface area contributed by atoms with Gasteiger partial charge in [-0.15, -0.1) is 0 Å². The summed E-state index contributed by atoms with van der Waals surface area (Å²) in [5, 5.41) is 3.62. The highest BCUT2D eigenvalue weighted by Gasteiger charge is 2.21. The molecule has 0 bridgehead atoms. The van der Waals surface area contributed by atoms with Crippen LogP contribution >= 0.6 is 0 Å². The van der Waals surface area contributed by atoms with Crippen molar-refractivity contribution in [2.75, 3.05) is 29.5 Å². The van der Waals surface area contributed by atoms with Crippen LogP contribution in [-0.2, 0) is 14.8 Å². The average Bonchev–Trinajstić information content (AvgIpc) is 2.65. The maximum absolute atomic E-state index is 12.6. The number of aromatic nitrogens is 1. The second-order valence-electron chi connectivity index (χ2n) is 5.90. The number of anilines is 2. The van der Waals surface area contributed by atoms with Gasteiger partial charge in [0.1, 0.15) is 12.3 Å². The molecule has 140 valence electrons. The smallest absolute Gasteiger partial charge is 0.245 e. The molecule has 1 amide bonds. The van der Waals surface area contributed by atoms with Crippen LogP contribution in [-0.4, -0.2) is 39.2 Å². The number of carbonyl (C=O) groups excluding carboxylic acids is 1. The quantitative estimate of drug-likeness (QED) is 0.705. The van der Waals surface area contributed by atoms with Gasteiger partial charge in [0.05, 0.1) is 30.3 Å². The number of nitrogens with one attached hydrogen (secondary N) is 1. The van der Waals surface area contributed by atoms with Gasteiger partial charge in [-0.3, -0.25) is 14.1 Å². The fourth-order valence-electron chi connectivity index (χ4n) is 2.69. The van der Waals surface area contributed by atoms with Crippen molar-refractivity contribution in [3.8, 4) is 5.75 Å². The minimum absolute atomic E-state index is 0.350. The lowest BCUT2D eigenvalue weighted by Gasteiger charge is -2.22. The molecule has 1 aromatic heterocycles. The van der Waals surface area contributed by atoms with Gasteiger partial charge in [-0.2, -0.15) is 0 Å². The van der Waals surface area contributed by atoms with Crippen LogP contribution in [0.1, 0.15) is 0 Å². The lowest BCUT2D eigenvalue weighted by Crippen LogP contribution is -2.37. The summed E-state index contributed by atoms with van der Waals surface area (Å²) in [4.78, 5) is 16.8. The molecule has 0 saturated heterocycles. The van der Waals surface area contributed by atoms with Gasteiger partial charge in [-0.25, -0.2) is 8.42 Å². The predicted octanol–water partition coefficient (Wildman–Crippen LogP) is 2.65. The molecule has 0 aliphatic carbocycles. The van der Waals surface area contributed by atoms with Crippen molar-refractivity contribution >= 4 is 38.2 Å². The first-order valence-corrected chi connectivity index (χ1v) is 9.98. The fourth-order valence-corrected chi connectivity index (χ4v) is 3.54. The van der Waals surface area contributed by atoms with E-state index in [-0.39, 0.29) is 6.54 Å². The van der Waals surface area contributed by atoms with Crippen LogP contribution in [0.3, 0.4) is 0 Å². The molecular weight excluding hydrogens is 366 g/mol. The number of nitrogens with zero attached hydrogens (tertiary/aromatic N) is 2. The number of hydrogen-bond acceptors (Lipinski definition) is 5. The zero-order valence-electron chi connectivity index (χ0n) is 14.9. The highest BCUT2D eigenvalue weighted by molar-refractivity contribution is 7.92. The van der Waals surface area contributed by atoms with E-state index in [1.807, 2.05) is 18.2 Å². The fraction of sp³-hybridized carbons (Fsp3) is 0.158. The van der Waals surface area contributed by atoms with E-state index in [0.717, 1.165) is 15.9 Å². The molecule has 7 nitrogen and oxygen atoms in total. The van der Waals surface area contributed by atoms with Crippen molar-refractivity contribution in [3.63, 3.8) is 0 Å². The Kier molecular flexibility index (Phi) is 5.27. The minimum Gasteiger partial charge on any atom is -0.497 e. The van der Waals surface area contributed by atoms with E-state index < -0.39 is 15.9 Å². The number of fused-ring (bicyclic) bond motifs is 1. The maximum atomic E-state index is 12.6. The van der Waals surface area contributed by atoms with Crippen LogP contribution in [0, 0.1) is 0 Å². The molecule has 0 spiro atoms. The van der Waals surface area contributed by atoms with Gasteiger partial charge in [0.2, 0.25) is 15.9 Å². The summed E-state index contributed by atoms with van der Waals surface area (Å²) in [5.41, 5.74) is 1.51. The highest BCUT2D eigenvalue weighted by Crippen LogP contribution is 2.24. The average molecular weight is 385 g/mol. The standard InChI is InChI=1S/C19H19N3O4S/c1-26-16-9-4-8-15(12-16)22(27(2,24)25)13-18(23)21-17-10-3-6-14-7-5-11-20-19(14)17/h3-12H,13H2,1-2H3,(H,21,23). The normalized spacial score (nSPS) is 11.2. The number of pyridine rings is 1. The van der Waals surface area contributed by atoms with E-state index in [4.69, 9.17) is 4.74 Å². The number of benzene rings is 2. The van der Waals surface area contributed by atoms with Crippen molar-refractivity contribution in [2.24, 2.45) is 0 Å². The van der Waals surface area contributed by atoms with E-state index in [0.29, 0.717) is 22.6 Å². The summed E-state index contributed by atoms with van der Waals surface area (Å²) in [6, 6.07) is 15.6. The summed E-state index contributed by atoms with van der Waals surface area (Å²) < 4.78 is 30.6. The molecule has 0 radical (unpaired) electrons. The lowest BCUT2D eigenvalue weighted by atomic mass is 10.2. The molecule has 1 N–H and O–H groups in total. The summed E-state index contributed by atoms with van der Waals surface area (Å²) in [7, 11) is -2.18. The van der Waals surface area contributed by atoms with Gasteiger partial charge in [-0.05, 0) is 24.3 Å². The molecular formula is C19H19N3O4S. The van der Waals surface area contributed by atoms with Gasteiger partial charge < -0.3 is 10.1 Å². The Morgan fingerprint density at radius 1 is 1.15 bits per heavy atom. The van der Waals surface area contributed by atoms with E-state index in [2.05, 4.69) is 10.3 Å². The van der Waals surface area contributed by atoms with Gasteiger partial charge >= 0.3 is 0 Å². The van der Waals surface area contributed by atoms with Gasteiger partial charge in [-0.1, -0.05) is 24.3 Å². The van der Waals surface area contributed by atoms with E-state index in [9.17, 15) is 13.2 Å². The zero-order chi connectivity index (χ0) is 19.4. The number of sulfonamides is 1. The van der Waals surface area contributed by atoms with E-state index in [1.54, 1.807) is 42.6 Å². The second kappa shape index (κ2) is 7.63. The number of rotatable bonds is 6. The molecule has 1 heterocycles. The molecule has 0 fully saturated rings. The van der Waals surface area contributed by atoms with Crippen LogP contribution < -0.4 is 14.4 Å². The van der Waals surface area contributed by atoms with Crippen molar-refractivity contribution in [1.82, 2.24) is 4.98 Å². The molecule has 0 atom stereocenters. The first kappa shape index (κ1) is 18.7. The largest absolute Gasteiger partial charge is 0.497 e. The number of hydrogen-bond donors (Lipinski definition) is 1. The molecule has 0 aliphatic heterocycles. The third-order valence-corrected chi connectivity index (χ3v) is 5.08. The van der Waals surface area contributed by atoms with Crippen LogP contribution in [0.4, 0.5) is 11.4 Å². The van der Waals surface area contributed by atoms with E-state index in [1.165, 1.54) is 7.11 Å². The third-order valence-electron chi connectivity index (χ3n) is 3.94. The highest BCUT2D eigenvalue weighted by atomic mass is 32.2. The Labute approximate surface area is 157 Å². The first-order chi connectivity index (χ1) is 12.9. The molecule has 27 heavy (non-hydrogen) atoms. The lowest BCUT2D eigenvalue weighted by molar-refractivity contribution is -0.114. The van der Waals surface area contributed by atoms with Crippen LogP contribution in [0.2, 0.25) is 0 Å².